The van der Waals surface area contributed by atoms with Gasteiger partial charge in [0, 0.05) is 18.5 Å². The molecule has 0 aromatic heterocycles. The van der Waals surface area contributed by atoms with Gasteiger partial charge in [0.05, 0.1) is 6.04 Å². The second-order valence-corrected chi connectivity index (χ2v) is 4.87. The summed E-state index contributed by atoms with van der Waals surface area (Å²) in [6.07, 6.45) is 1.09. The number of carbonyl (C=O) groups excluding carboxylic acids is 1. The Balaban J connectivity index is 1.70. The Morgan fingerprint density at radius 2 is 2.05 bits per heavy atom. The van der Waals surface area contributed by atoms with Gasteiger partial charge in [-0.25, -0.2) is 0 Å². The van der Waals surface area contributed by atoms with Crippen molar-refractivity contribution in [3.8, 4) is 5.75 Å². The number of rotatable bonds is 3. The monoisotopic (exact) mass is 253 g/mol. The molecule has 0 saturated carbocycles. The lowest BCUT2D eigenvalue weighted by atomic mass is 10.0. The van der Waals surface area contributed by atoms with Crippen molar-refractivity contribution in [3.05, 3.63) is 59.7 Å². The first-order valence-corrected chi connectivity index (χ1v) is 6.37. The average Bonchev–Trinajstić information content (AvgIpc) is 2.82. The summed E-state index contributed by atoms with van der Waals surface area (Å²) in [5.41, 5.74) is 3.09. The number of anilines is 1. The van der Waals surface area contributed by atoms with Crippen LogP contribution in [0.1, 0.15) is 11.1 Å². The lowest BCUT2D eigenvalue weighted by Gasteiger charge is -2.10. The van der Waals surface area contributed by atoms with E-state index in [1.54, 1.807) is 18.2 Å². The minimum Gasteiger partial charge on any atom is -0.508 e. The molecule has 3 nitrogen and oxygen atoms in total. The summed E-state index contributed by atoms with van der Waals surface area (Å²) in [4.78, 5) is 12.3. The minimum absolute atomic E-state index is 0.153. The highest BCUT2D eigenvalue weighted by atomic mass is 16.3. The molecule has 0 spiro atoms. The Morgan fingerprint density at radius 3 is 2.84 bits per heavy atom. The number of nitrogens with one attached hydrogen (secondary N) is 1. The molecule has 19 heavy (non-hydrogen) atoms. The van der Waals surface area contributed by atoms with Gasteiger partial charge in [-0.1, -0.05) is 30.3 Å². The Hall–Kier alpha value is -2.29. The van der Waals surface area contributed by atoms with Crippen LogP contribution in [-0.2, 0) is 17.6 Å². The number of carbonyl (C=O) groups is 1. The first kappa shape index (κ1) is 11.8. The molecule has 3 rings (SSSR count). The number of benzene rings is 2. The predicted molar refractivity (Wildman–Crippen MR) is 74.4 cm³/mol. The number of para-hydroxylation sites is 1. The quantitative estimate of drug-likeness (QED) is 0.883. The summed E-state index contributed by atoms with van der Waals surface area (Å²) in [6.45, 7) is 0. The number of aromatic hydroxyl groups is 1. The van der Waals surface area contributed by atoms with Gasteiger partial charge in [-0.05, 0) is 29.3 Å². The molecule has 0 saturated heterocycles. The summed E-state index contributed by atoms with van der Waals surface area (Å²) < 4.78 is 0. The first-order chi connectivity index (χ1) is 9.22. The van der Waals surface area contributed by atoms with Gasteiger partial charge >= 0.3 is 0 Å². The molecule has 2 aromatic rings. The van der Waals surface area contributed by atoms with E-state index in [1.165, 1.54) is 5.56 Å². The van der Waals surface area contributed by atoms with Crippen LogP contribution in [0.15, 0.2) is 48.5 Å². The van der Waals surface area contributed by atoms with Crippen LogP contribution in [0.2, 0.25) is 0 Å². The Labute approximate surface area is 111 Å². The second-order valence-electron chi connectivity index (χ2n) is 4.87. The number of hydrogen-bond acceptors (Lipinski definition) is 3. The summed E-state index contributed by atoms with van der Waals surface area (Å²) >= 11 is 0. The van der Waals surface area contributed by atoms with Gasteiger partial charge in [-0.15, -0.1) is 0 Å². The molecule has 0 radical (unpaired) electrons. The van der Waals surface area contributed by atoms with Crippen LogP contribution in [-0.4, -0.2) is 16.9 Å². The van der Waals surface area contributed by atoms with Crippen molar-refractivity contribution in [3.63, 3.8) is 0 Å². The van der Waals surface area contributed by atoms with Crippen LogP contribution in [0.5, 0.6) is 5.75 Å². The number of Topliss-reactive ketones (excluding diaryl/α,β-unsaturated/α-hetero) is 1. The lowest BCUT2D eigenvalue weighted by molar-refractivity contribution is -0.119. The van der Waals surface area contributed by atoms with E-state index in [9.17, 15) is 9.90 Å². The van der Waals surface area contributed by atoms with Crippen molar-refractivity contribution in [2.45, 2.75) is 18.9 Å². The minimum atomic E-state index is -0.153. The number of ketones is 1. The molecule has 96 valence electrons. The van der Waals surface area contributed by atoms with Crippen LogP contribution in [0.3, 0.4) is 0 Å². The molecule has 2 aromatic carbocycles. The van der Waals surface area contributed by atoms with Crippen LogP contribution < -0.4 is 5.32 Å². The van der Waals surface area contributed by atoms with Gasteiger partial charge in [0.25, 0.3) is 0 Å². The highest BCUT2D eigenvalue weighted by molar-refractivity contribution is 5.90. The summed E-state index contributed by atoms with van der Waals surface area (Å²) in [7, 11) is 0. The van der Waals surface area contributed by atoms with Crippen LogP contribution in [0.25, 0.3) is 0 Å². The number of hydrogen-bond donors (Lipinski definition) is 2. The zero-order valence-corrected chi connectivity index (χ0v) is 10.5. The third-order valence-electron chi connectivity index (χ3n) is 3.45. The van der Waals surface area contributed by atoms with Crippen LogP contribution >= 0.6 is 0 Å². The maximum atomic E-state index is 12.3. The molecule has 1 heterocycles. The fourth-order valence-corrected chi connectivity index (χ4v) is 2.48. The molecule has 3 heteroatoms. The highest BCUT2D eigenvalue weighted by Crippen LogP contribution is 2.26. The van der Waals surface area contributed by atoms with Gasteiger partial charge in [-0.2, -0.15) is 0 Å². The van der Waals surface area contributed by atoms with Crippen molar-refractivity contribution in [1.82, 2.24) is 0 Å². The summed E-state index contributed by atoms with van der Waals surface area (Å²) in [5.74, 6) is 0.356. The molecule has 1 atom stereocenters. The van der Waals surface area contributed by atoms with Gasteiger partial charge < -0.3 is 10.4 Å². The van der Waals surface area contributed by atoms with E-state index >= 15 is 0 Å². The van der Waals surface area contributed by atoms with Crippen molar-refractivity contribution in [2.75, 3.05) is 5.32 Å². The van der Waals surface area contributed by atoms with E-state index in [0.29, 0.717) is 6.42 Å². The SMILES string of the molecule is O=C(Cc1cccc(O)c1)C1Cc2ccccc2N1. The van der Waals surface area contributed by atoms with Crippen molar-refractivity contribution in [2.24, 2.45) is 0 Å². The molecular formula is C16H15NO2. The molecule has 2 N–H and O–H groups in total. The Bertz CT molecular complexity index is 597. The highest BCUT2D eigenvalue weighted by Gasteiger charge is 2.25. The largest absolute Gasteiger partial charge is 0.508 e. The maximum Gasteiger partial charge on any atom is 0.159 e. The number of phenolic OH excluding ortho intramolecular Hbond substituents is 1. The van der Waals surface area contributed by atoms with Gasteiger partial charge in [0.2, 0.25) is 0 Å². The Kier molecular flexibility index (Phi) is 2.95. The molecule has 1 aliphatic heterocycles. The van der Waals surface area contributed by atoms with Crippen molar-refractivity contribution in [1.29, 1.82) is 0 Å². The van der Waals surface area contributed by atoms with E-state index in [1.807, 2.05) is 30.3 Å². The number of fused-ring (bicyclic) bond motifs is 1. The van der Waals surface area contributed by atoms with E-state index in [4.69, 9.17) is 0 Å². The molecule has 0 bridgehead atoms. The molecular weight excluding hydrogens is 238 g/mol. The zero-order valence-electron chi connectivity index (χ0n) is 10.5. The first-order valence-electron chi connectivity index (χ1n) is 6.37. The van der Waals surface area contributed by atoms with Crippen LogP contribution in [0.4, 0.5) is 5.69 Å². The third-order valence-corrected chi connectivity index (χ3v) is 3.45. The average molecular weight is 253 g/mol. The van der Waals surface area contributed by atoms with Crippen molar-refractivity contribution < 1.29 is 9.90 Å². The fourth-order valence-electron chi connectivity index (χ4n) is 2.48. The fraction of sp³-hybridized carbons (Fsp3) is 0.188. The van der Waals surface area contributed by atoms with E-state index in [2.05, 4.69) is 5.32 Å². The molecule has 0 amide bonds. The lowest BCUT2D eigenvalue weighted by Crippen LogP contribution is -2.28. The topological polar surface area (TPSA) is 49.3 Å². The zero-order chi connectivity index (χ0) is 13.2. The Morgan fingerprint density at radius 1 is 1.21 bits per heavy atom. The standard InChI is InChI=1S/C16H15NO2/c18-13-6-3-4-11(8-13)9-16(19)15-10-12-5-1-2-7-14(12)17-15/h1-8,15,17-18H,9-10H2. The summed E-state index contributed by atoms with van der Waals surface area (Å²) in [6, 6.07) is 14.7. The predicted octanol–water partition coefficient (Wildman–Crippen LogP) is 2.54. The van der Waals surface area contributed by atoms with Crippen molar-refractivity contribution >= 4 is 11.5 Å². The summed E-state index contributed by atoms with van der Waals surface area (Å²) in [5, 5.41) is 12.7. The van der Waals surface area contributed by atoms with Crippen LogP contribution in [0, 0.1) is 0 Å². The normalized spacial score (nSPS) is 16.7. The molecule has 1 aliphatic rings. The third kappa shape index (κ3) is 2.45. The second kappa shape index (κ2) is 4.76. The van der Waals surface area contributed by atoms with E-state index in [0.717, 1.165) is 17.7 Å². The van der Waals surface area contributed by atoms with Gasteiger partial charge in [0.15, 0.2) is 5.78 Å². The van der Waals surface area contributed by atoms with Gasteiger partial charge in [-0.3, -0.25) is 4.79 Å². The maximum absolute atomic E-state index is 12.3. The van der Waals surface area contributed by atoms with Gasteiger partial charge in [0.1, 0.15) is 5.75 Å². The molecule has 0 aliphatic carbocycles. The molecule has 1 unspecified atom stereocenters. The number of phenols is 1. The van der Waals surface area contributed by atoms with E-state index < -0.39 is 0 Å². The smallest absolute Gasteiger partial charge is 0.159 e. The molecule has 0 fully saturated rings. The van der Waals surface area contributed by atoms with E-state index in [-0.39, 0.29) is 17.6 Å².